The Morgan fingerprint density at radius 3 is 2.73 bits per heavy atom. The lowest BCUT2D eigenvalue weighted by molar-refractivity contribution is 0.102. The molecule has 7 heteroatoms. The highest BCUT2D eigenvalue weighted by molar-refractivity contribution is 6.02. The molecule has 1 atom stereocenters. The molecule has 2 aromatic rings. The van der Waals surface area contributed by atoms with Gasteiger partial charge < -0.3 is 10.6 Å². The molecule has 1 aromatic carbocycles. The highest BCUT2D eigenvalue weighted by Gasteiger charge is 2.11. The molecule has 0 saturated heterocycles. The number of hydrogen-bond donors (Lipinski definition) is 2. The van der Waals surface area contributed by atoms with Crippen LogP contribution >= 0.6 is 0 Å². The lowest BCUT2D eigenvalue weighted by atomic mass is 10.2. The first-order valence-electron chi connectivity index (χ1n) is 6.85. The minimum Gasteiger partial charge on any atom is -0.352 e. The van der Waals surface area contributed by atoms with Crippen LogP contribution in [0.25, 0.3) is 0 Å². The highest BCUT2D eigenvalue weighted by atomic mass is 19.2. The maximum atomic E-state index is 13.1. The third-order valence-electron chi connectivity index (χ3n) is 3.05. The number of nitrogens with zero attached hydrogens (tertiary/aromatic N) is 2. The lowest BCUT2D eigenvalue weighted by Crippen LogP contribution is -2.19. The highest BCUT2D eigenvalue weighted by Crippen LogP contribution is 2.14. The average Bonchev–Trinajstić information content (AvgIpc) is 2.51. The van der Waals surface area contributed by atoms with E-state index in [0.29, 0.717) is 5.95 Å². The predicted molar refractivity (Wildman–Crippen MR) is 79.7 cm³/mol. The molecule has 1 heterocycles. The molecule has 0 radical (unpaired) electrons. The summed E-state index contributed by atoms with van der Waals surface area (Å²) in [6.45, 7) is 3.98. The van der Waals surface area contributed by atoms with Gasteiger partial charge in [0.2, 0.25) is 5.95 Å². The second-order valence-corrected chi connectivity index (χ2v) is 4.80. The number of halogens is 2. The molecule has 0 fully saturated rings. The molecule has 0 aliphatic rings. The van der Waals surface area contributed by atoms with E-state index in [4.69, 9.17) is 0 Å². The second-order valence-electron chi connectivity index (χ2n) is 4.80. The van der Waals surface area contributed by atoms with E-state index >= 15 is 0 Å². The topological polar surface area (TPSA) is 66.9 Å². The third-order valence-corrected chi connectivity index (χ3v) is 3.05. The summed E-state index contributed by atoms with van der Waals surface area (Å²) < 4.78 is 26.0. The number of amides is 1. The van der Waals surface area contributed by atoms with Gasteiger partial charge in [-0.3, -0.25) is 4.79 Å². The molecule has 0 aliphatic carbocycles. The van der Waals surface area contributed by atoms with Gasteiger partial charge in [-0.15, -0.1) is 0 Å². The summed E-state index contributed by atoms with van der Waals surface area (Å²) in [7, 11) is 0. The fourth-order valence-corrected chi connectivity index (χ4v) is 1.65. The zero-order valence-electron chi connectivity index (χ0n) is 12.2. The Morgan fingerprint density at radius 2 is 2.05 bits per heavy atom. The van der Waals surface area contributed by atoms with Crippen LogP contribution in [0.4, 0.5) is 20.4 Å². The van der Waals surface area contributed by atoms with Crippen LogP contribution in [0, 0.1) is 11.6 Å². The first-order chi connectivity index (χ1) is 10.5. The van der Waals surface area contributed by atoms with Crippen LogP contribution in [0.15, 0.2) is 30.5 Å². The molecule has 0 saturated carbocycles. The Kier molecular flexibility index (Phi) is 4.98. The fourth-order valence-electron chi connectivity index (χ4n) is 1.65. The van der Waals surface area contributed by atoms with Gasteiger partial charge in [0.05, 0.1) is 0 Å². The van der Waals surface area contributed by atoms with Gasteiger partial charge in [-0.1, -0.05) is 6.92 Å². The number of benzene rings is 1. The maximum Gasteiger partial charge on any atom is 0.274 e. The summed E-state index contributed by atoms with van der Waals surface area (Å²) >= 11 is 0. The Hall–Kier alpha value is -2.57. The van der Waals surface area contributed by atoms with E-state index in [0.717, 1.165) is 18.6 Å². The SMILES string of the molecule is CCC(C)Nc1nccc(C(=O)Nc2ccc(F)c(F)c2)n1. The van der Waals surface area contributed by atoms with Crippen molar-refractivity contribution in [2.24, 2.45) is 0 Å². The monoisotopic (exact) mass is 306 g/mol. The van der Waals surface area contributed by atoms with Crippen LogP contribution in [0.5, 0.6) is 0 Å². The number of aromatic nitrogens is 2. The van der Waals surface area contributed by atoms with Gasteiger partial charge in [0.15, 0.2) is 11.6 Å². The molecular weight excluding hydrogens is 290 g/mol. The van der Waals surface area contributed by atoms with Gasteiger partial charge in [-0.2, -0.15) is 0 Å². The van der Waals surface area contributed by atoms with Crippen LogP contribution in [0.3, 0.4) is 0 Å². The molecule has 0 bridgehead atoms. The van der Waals surface area contributed by atoms with E-state index in [-0.39, 0.29) is 17.4 Å². The maximum absolute atomic E-state index is 13.1. The minimum absolute atomic E-state index is 0.130. The molecule has 0 spiro atoms. The van der Waals surface area contributed by atoms with Crippen LogP contribution in [0.1, 0.15) is 30.8 Å². The second kappa shape index (κ2) is 6.93. The third kappa shape index (κ3) is 3.97. The quantitative estimate of drug-likeness (QED) is 0.890. The molecule has 5 nitrogen and oxygen atoms in total. The number of carbonyl (C=O) groups is 1. The molecule has 1 amide bonds. The Bertz CT molecular complexity index is 678. The van der Waals surface area contributed by atoms with Crippen LogP contribution in [-0.4, -0.2) is 21.9 Å². The van der Waals surface area contributed by atoms with Crippen molar-refractivity contribution >= 4 is 17.5 Å². The number of rotatable bonds is 5. The van der Waals surface area contributed by atoms with Crippen molar-refractivity contribution < 1.29 is 13.6 Å². The average molecular weight is 306 g/mol. The van der Waals surface area contributed by atoms with E-state index in [2.05, 4.69) is 20.6 Å². The summed E-state index contributed by atoms with van der Waals surface area (Å²) in [5.41, 5.74) is 0.282. The summed E-state index contributed by atoms with van der Waals surface area (Å²) in [6.07, 6.45) is 2.34. The molecule has 2 N–H and O–H groups in total. The first kappa shape index (κ1) is 15.8. The molecule has 116 valence electrons. The van der Waals surface area contributed by atoms with Crippen molar-refractivity contribution in [1.82, 2.24) is 9.97 Å². The van der Waals surface area contributed by atoms with Crippen molar-refractivity contribution in [3.05, 3.63) is 47.8 Å². The Labute approximate surface area is 126 Å². The summed E-state index contributed by atoms with van der Waals surface area (Å²) in [4.78, 5) is 20.2. The predicted octanol–water partition coefficient (Wildman–Crippen LogP) is 3.22. The van der Waals surface area contributed by atoms with E-state index in [9.17, 15) is 13.6 Å². The van der Waals surface area contributed by atoms with Crippen LogP contribution in [-0.2, 0) is 0 Å². The van der Waals surface area contributed by atoms with Crippen molar-refractivity contribution in [3.63, 3.8) is 0 Å². The summed E-state index contributed by atoms with van der Waals surface area (Å²) in [5.74, 6) is -2.19. The molecule has 1 unspecified atom stereocenters. The van der Waals surface area contributed by atoms with E-state index in [1.807, 2.05) is 13.8 Å². The Balaban J connectivity index is 2.12. The normalized spacial score (nSPS) is 11.8. The lowest BCUT2D eigenvalue weighted by Gasteiger charge is -2.11. The largest absolute Gasteiger partial charge is 0.352 e. The number of carbonyl (C=O) groups excluding carboxylic acids is 1. The summed E-state index contributed by atoms with van der Waals surface area (Å²) in [5, 5.41) is 5.51. The van der Waals surface area contributed by atoms with Crippen molar-refractivity contribution in [2.75, 3.05) is 10.6 Å². The molecule has 0 aliphatic heterocycles. The van der Waals surface area contributed by atoms with Crippen LogP contribution in [0.2, 0.25) is 0 Å². The van der Waals surface area contributed by atoms with E-state index in [1.165, 1.54) is 18.3 Å². The van der Waals surface area contributed by atoms with Gasteiger partial charge >= 0.3 is 0 Å². The van der Waals surface area contributed by atoms with Crippen LogP contribution < -0.4 is 10.6 Å². The van der Waals surface area contributed by atoms with E-state index < -0.39 is 17.5 Å². The first-order valence-corrected chi connectivity index (χ1v) is 6.85. The van der Waals surface area contributed by atoms with Crippen molar-refractivity contribution in [3.8, 4) is 0 Å². The van der Waals surface area contributed by atoms with Gasteiger partial charge in [0.25, 0.3) is 5.91 Å². The zero-order valence-corrected chi connectivity index (χ0v) is 12.2. The standard InChI is InChI=1S/C15H16F2N4O/c1-3-9(2)19-15-18-7-6-13(21-15)14(22)20-10-4-5-11(16)12(17)8-10/h4-9H,3H2,1-2H3,(H,20,22)(H,18,19,21). The molecule has 22 heavy (non-hydrogen) atoms. The van der Waals surface area contributed by atoms with Crippen molar-refractivity contribution in [1.29, 1.82) is 0 Å². The van der Waals surface area contributed by atoms with Gasteiger partial charge in [0.1, 0.15) is 5.69 Å². The molecular formula is C15H16F2N4O. The molecule has 2 rings (SSSR count). The van der Waals surface area contributed by atoms with E-state index in [1.54, 1.807) is 0 Å². The fraction of sp³-hybridized carbons (Fsp3) is 0.267. The van der Waals surface area contributed by atoms with Gasteiger partial charge in [-0.05, 0) is 31.5 Å². The molecule has 1 aromatic heterocycles. The summed E-state index contributed by atoms with van der Waals surface area (Å²) in [6, 6.07) is 4.74. The zero-order chi connectivity index (χ0) is 16.1. The minimum atomic E-state index is -1.03. The number of anilines is 2. The van der Waals surface area contributed by atoms with Gasteiger partial charge in [0, 0.05) is 24.0 Å². The smallest absolute Gasteiger partial charge is 0.274 e. The number of hydrogen-bond acceptors (Lipinski definition) is 4. The van der Waals surface area contributed by atoms with Crippen molar-refractivity contribution in [2.45, 2.75) is 26.3 Å². The Morgan fingerprint density at radius 1 is 1.27 bits per heavy atom. The van der Waals surface area contributed by atoms with Gasteiger partial charge in [-0.25, -0.2) is 18.7 Å². The number of nitrogens with one attached hydrogen (secondary N) is 2.